The van der Waals surface area contributed by atoms with Gasteiger partial charge < -0.3 is 20.1 Å². The summed E-state index contributed by atoms with van der Waals surface area (Å²) in [6.45, 7) is 1.33. The number of hydrogen-bond acceptors (Lipinski definition) is 9. The van der Waals surface area contributed by atoms with Crippen LogP contribution in [0, 0.1) is 5.92 Å². The van der Waals surface area contributed by atoms with Crippen molar-refractivity contribution in [3.63, 3.8) is 0 Å². The van der Waals surface area contributed by atoms with E-state index in [1.807, 2.05) is 18.2 Å². The quantitative estimate of drug-likeness (QED) is 0.299. The predicted molar refractivity (Wildman–Crippen MR) is 131 cm³/mol. The first kappa shape index (κ1) is 23.9. The largest absolute Gasteiger partial charge is 0.447 e. The average molecular weight is 486 g/mol. The lowest BCUT2D eigenvalue weighted by molar-refractivity contribution is 0.107. The Labute approximate surface area is 202 Å². The van der Waals surface area contributed by atoms with Gasteiger partial charge in [0.05, 0.1) is 24.7 Å². The third kappa shape index (κ3) is 6.64. The molecule has 0 saturated heterocycles. The van der Waals surface area contributed by atoms with Crippen molar-refractivity contribution < 1.29 is 14.3 Å². The highest BCUT2D eigenvalue weighted by atomic mass is 35.5. The maximum atomic E-state index is 11.6. The van der Waals surface area contributed by atoms with E-state index in [2.05, 4.69) is 35.9 Å². The van der Waals surface area contributed by atoms with Gasteiger partial charge in [-0.3, -0.25) is 5.32 Å². The molecule has 1 aliphatic rings. The summed E-state index contributed by atoms with van der Waals surface area (Å²) in [6, 6.07) is 6.28. The lowest BCUT2D eigenvalue weighted by Crippen LogP contribution is -2.29. The van der Waals surface area contributed by atoms with E-state index in [-0.39, 0.29) is 6.61 Å². The fraction of sp³-hybridized carbons (Fsp3) is 0.435. The van der Waals surface area contributed by atoms with Crippen molar-refractivity contribution in [1.29, 1.82) is 0 Å². The van der Waals surface area contributed by atoms with Crippen LogP contribution >= 0.6 is 11.6 Å². The second-order valence-electron chi connectivity index (χ2n) is 8.16. The van der Waals surface area contributed by atoms with Crippen molar-refractivity contribution >= 4 is 46.1 Å². The molecule has 3 N–H and O–H groups in total. The topological polar surface area (TPSA) is 123 Å². The molecule has 0 bridgehead atoms. The van der Waals surface area contributed by atoms with Crippen LogP contribution in [0.5, 0.6) is 0 Å². The SMILES string of the molecule is COCCOC(=O)Nc1cnc(NCC2CCC(Nc3ccc4ccnc(Cl)c4n3)CC2)nc1. The zero-order valence-electron chi connectivity index (χ0n) is 19.0. The van der Waals surface area contributed by atoms with Crippen molar-refractivity contribution in [3.8, 4) is 0 Å². The Morgan fingerprint density at radius 2 is 1.88 bits per heavy atom. The van der Waals surface area contributed by atoms with Gasteiger partial charge in [-0.15, -0.1) is 0 Å². The van der Waals surface area contributed by atoms with E-state index >= 15 is 0 Å². The minimum Gasteiger partial charge on any atom is -0.447 e. The standard InChI is InChI=1S/C23H28ClN7O3/c1-33-10-11-34-23(32)30-18-13-27-22(28-14-18)26-12-15-2-5-17(6-3-15)29-19-7-4-16-8-9-25-21(24)20(16)31-19/h4,7-9,13-15,17H,2-3,5-6,10-12H2,1H3,(H,29,31)(H,30,32)(H,26,27,28). The smallest absolute Gasteiger partial charge is 0.411 e. The molecule has 0 aromatic carbocycles. The first-order chi connectivity index (χ1) is 16.6. The normalized spacial score (nSPS) is 17.8. The number of pyridine rings is 2. The Morgan fingerprint density at radius 1 is 1.09 bits per heavy atom. The Bertz CT molecular complexity index is 1090. The lowest BCUT2D eigenvalue weighted by Gasteiger charge is -2.29. The summed E-state index contributed by atoms with van der Waals surface area (Å²) in [5.74, 6) is 1.90. The van der Waals surface area contributed by atoms with Gasteiger partial charge in [0, 0.05) is 31.3 Å². The number of aromatic nitrogens is 4. The van der Waals surface area contributed by atoms with Crippen molar-refractivity contribution in [3.05, 3.63) is 41.9 Å². The van der Waals surface area contributed by atoms with Gasteiger partial charge >= 0.3 is 6.09 Å². The fourth-order valence-corrected chi connectivity index (χ4v) is 4.11. The van der Waals surface area contributed by atoms with Gasteiger partial charge in [-0.05, 0) is 49.8 Å². The average Bonchev–Trinajstić information content (AvgIpc) is 2.85. The summed E-state index contributed by atoms with van der Waals surface area (Å²) in [5.41, 5.74) is 1.19. The van der Waals surface area contributed by atoms with Gasteiger partial charge in [-0.25, -0.2) is 24.7 Å². The van der Waals surface area contributed by atoms with E-state index in [1.54, 1.807) is 25.7 Å². The molecule has 1 saturated carbocycles. The summed E-state index contributed by atoms with van der Waals surface area (Å²) < 4.78 is 9.78. The summed E-state index contributed by atoms with van der Waals surface area (Å²) in [5, 5.41) is 10.8. The highest BCUT2D eigenvalue weighted by Crippen LogP contribution is 2.27. The van der Waals surface area contributed by atoms with E-state index < -0.39 is 6.09 Å². The number of nitrogens with zero attached hydrogens (tertiary/aromatic N) is 4. The van der Waals surface area contributed by atoms with Crippen LogP contribution in [-0.2, 0) is 9.47 Å². The van der Waals surface area contributed by atoms with Crippen LogP contribution in [-0.4, -0.2) is 58.9 Å². The molecule has 1 aliphatic carbocycles. The molecular weight excluding hydrogens is 458 g/mol. The molecule has 0 unspecified atom stereocenters. The summed E-state index contributed by atoms with van der Waals surface area (Å²) in [7, 11) is 1.54. The van der Waals surface area contributed by atoms with Gasteiger partial charge in [0.25, 0.3) is 0 Å². The summed E-state index contributed by atoms with van der Waals surface area (Å²) in [6.07, 6.45) is 8.51. The number of hydrogen-bond donors (Lipinski definition) is 3. The van der Waals surface area contributed by atoms with E-state index in [0.717, 1.165) is 48.9 Å². The van der Waals surface area contributed by atoms with Crippen molar-refractivity contribution in [2.45, 2.75) is 31.7 Å². The van der Waals surface area contributed by atoms with Crippen LogP contribution in [0.3, 0.4) is 0 Å². The summed E-state index contributed by atoms with van der Waals surface area (Å²) >= 11 is 6.18. The number of carbonyl (C=O) groups is 1. The van der Waals surface area contributed by atoms with Crippen LogP contribution < -0.4 is 16.0 Å². The Morgan fingerprint density at radius 3 is 2.65 bits per heavy atom. The summed E-state index contributed by atoms with van der Waals surface area (Å²) in [4.78, 5) is 28.9. The molecule has 3 aromatic rings. The Balaban J connectivity index is 1.19. The second kappa shape index (κ2) is 11.8. The van der Waals surface area contributed by atoms with Crippen molar-refractivity contribution in [2.24, 2.45) is 5.92 Å². The number of ether oxygens (including phenoxy) is 2. The number of amides is 1. The molecule has 4 rings (SSSR count). The number of fused-ring (bicyclic) bond motifs is 1. The molecule has 180 valence electrons. The number of nitrogens with one attached hydrogen (secondary N) is 3. The van der Waals surface area contributed by atoms with Crippen molar-refractivity contribution in [2.75, 3.05) is 42.8 Å². The Kier molecular flexibility index (Phi) is 8.26. The maximum Gasteiger partial charge on any atom is 0.411 e. The van der Waals surface area contributed by atoms with Crippen LogP contribution in [0.15, 0.2) is 36.8 Å². The zero-order valence-corrected chi connectivity index (χ0v) is 19.7. The zero-order chi connectivity index (χ0) is 23.8. The number of carbonyl (C=O) groups excluding carboxylic acids is 1. The van der Waals surface area contributed by atoms with Gasteiger partial charge in [0.15, 0.2) is 5.15 Å². The first-order valence-electron chi connectivity index (χ1n) is 11.3. The molecule has 3 aromatic heterocycles. The maximum absolute atomic E-state index is 11.6. The molecule has 3 heterocycles. The molecule has 0 spiro atoms. The van der Waals surface area contributed by atoms with Gasteiger partial charge in [-0.1, -0.05) is 11.6 Å². The molecule has 11 heteroatoms. The lowest BCUT2D eigenvalue weighted by atomic mass is 9.86. The molecule has 1 fully saturated rings. The molecule has 0 radical (unpaired) electrons. The number of halogens is 1. The van der Waals surface area contributed by atoms with Crippen LogP contribution in [0.25, 0.3) is 10.9 Å². The van der Waals surface area contributed by atoms with Gasteiger partial charge in [0.2, 0.25) is 5.95 Å². The van der Waals surface area contributed by atoms with Gasteiger partial charge in [0.1, 0.15) is 17.9 Å². The minimum atomic E-state index is -0.564. The second-order valence-corrected chi connectivity index (χ2v) is 8.52. The van der Waals surface area contributed by atoms with Crippen molar-refractivity contribution in [1.82, 2.24) is 19.9 Å². The third-order valence-electron chi connectivity index (χ3n) is 5.73. The van der Waals surface area contributed by atoms with Crippen LogP contribution in [0.4, 0.5) is 22.2 Å². The van der Waals surface area contributed by atoms with E-state index in [0.29, 0.717) is 35.4 Å². The van der Waals surface area contributed by atoms with E-state index in [9.17, 15) is 4.79 Å². The van der Waals surface area contributed by atoms with E-state index in [1.165, 1.54) is 0 Å². The monoisotopic (exact) mass is 485 g/mol. The highest BCUT2D eigenvalue weighted by Gasteiger charge is 2.21. The highest BCUT2D eigenvalue weighted by molar-refractivity contribution is 6.33. The molecule has 1 amide bonds. The predicted octanol–water partition coefficient (Wildman–Crippen LogP) is 4.35. The fourth-order valence-electron chi connectivity index (χ4n) is 3.91. The molecule has 0 aliphatic heterocycles. The third-order valence-corrected chi connectivity index (χ3v) is 6.01. The molecule has 34 heavy (non-hydrogen) atoms. The molecular formula is C23H28ClN7O3. The van der Waals surface area contributed by atoms with E-state index in [4.69, 9.17) is 21.1 Å². The minimum absolute atomic E-state index is 0.186. The first-order valence-corrected chi connectivity index (χ1v) is 11.6. The Hall–Kier alpha value is -3.24. The molecule has 0 atom stereocenters. The molecule has 10 nitrogen and oxygen atoms in total. The van der Waals surface area contributed by atoms with Gasteiger partial charge in [-0.2, -0.15) is 0 Å². The number of rotatable bonds is 9. The van der Waals surface area contributed by atoms with Crippen LogP contribution in [0.2, 0.25) is 5.15 Å². The van der Waals surface area contributed by atoms with Crippen LogP contribution in [0.1, 0.15) is 25.7 Å². The number of methoxy groups -OCH3 is 1. The number of anilines is 3.